The summed E-state index contributed by atoms with van der Waals surface area (Å²) in [6.07, 6.45) is 11.5. The van der Waals surface area contributed by atoms with E-state index in [9.17, 15) is 9.90 Å². The molecule has 0 aromatic carbocycles. The molecule has 0 unspecified atom stereocenters. The maximum Gasteiger partial charge on any atom is 0.223 e. The van der Waals surface area contributed by atoms with Crippen molar-refractivity contribution in [3.05, 3.63) is 11.6 Å². The Morgan fingerprint density at radius 1 is 1.12 bits per heavy atom. The van der Waals surface area contributed by atoms with Gasteiger partial charge < -0.3 is 21.9 Å². The molecular weight excluding hydrogens is 424 g/mol. The van der Waals surface area contributed by atoms with Crippen LogP contribution < -0.4 is 16.8 Å². The Balaban J connectivity index is 1.39. The van der Waals surface area contributed by atoms with Gasteiger partial charge in [-0.2, -0.15) is 0 Å². The fraction of sp³-hybridized carbons (Fsp3) is 0.893. The number of aliphatic hydroxyl groups is 1. The normalized spacial score (nSPS) is 40.2. The smallest absolute Gasteiger partial charge is 0.223 e. The van der Waals surface area contributed by atoms with Crippen LogP contribution in [0.25, 0.3) is 0 Å². The third-order valence-electron chi connectivity index (χ3n) is 10.8. The fourth-order valence-corrected chi connectivity index (χ4v) is 8.89. The van der Waals surface area contributed by atoms with E-state index in [4.69, 9.17) is 11.5 Å². The number of carbonyl (C=O) groups excluding carboxylic acids is 1. The van der Waals surface area contributed by atoms with Crippen molar-refractivity contribution in [1.29, 1.82) is 0 Å². The van der Waals surface area contributed by atoms with Crippen LogP contribution in [-0.4, -0.2) is 61.3 Å². The van der Waals surface area contributed by atoms with Crippen molar-refractivity contribution in [1.82, 2.24) is 10.2 Å². The Morgan fingerprint density at radius 2 is 1.85 bits per heavy atom. The van der Waals surface area contributed by atoms with Crippen LogP contribution in [0.5, 0.6) is 0 Å². The van der Waals surface area contributed by atoms with Crippen LogP contribution in [-0.2, 0) is 4.79 Å². The summed E-state index contributed by atoms with van der Waals surface area (Å²) < 4.78 is 0. The molecule has 3 fully saturated rings. The van der Waals surface area contributed by atoms with Gasteiger partial charge in [0.05, 0.1) is 6.10 Å². The highest BCUT2D eigenvalue weighted by atomic mass is 16.3. The van der Waals surface area contributed by atoms with E-state index < -0.39 is 0 Å². The van der Waals surface area contributed by atoms with Crippen molar-refractivity contribution in [3.8, 4) is 0 Å². The van der Waals surface area contributed by atoms with Crippen LogP contribution in [0.2, 0.25) is 0 Å². The third-order valence-corrected chi connectivity index (χ3v) is 10.8. The zero-order chi connectivity index (χ0) is 24.5. The first-order valence-corrected chi connectivity index (χ1v) is 14.0. The number of hydrogen-bond acceptors (Lipinski definition) is 5. The minimum absolute atomic E-state index is 0.0547. The lowest BCUT2D eigenvalue weighted by Crippen LogP contribution is -2.51. The van der Waals surface area contributed by atoms with Crippen molar-refractivity contribution < 1.29 is 9.90 Å². The van der Waals surface area contributed by atoms with Crippen LogP contribution in [0.1, 0.15) is 72.1 Å². The molecule has 194 valence electrons. The van der Waals surface area contributed by atoms with Gasteiger partial charge in [-0.3, -0.25) is 9.69 Å². The maximum atomic E-state index is 13.2. The highest BCUT2D eigenvalue weighted by Crippen LogP contribution is 2.67. The monoisotopic (exact) mass is 474 g/mol. The Kier molecular flexibility index (Phi) is 8.13. The molecule has 4 rings (SSSR count). The predicted octanol–water partition coefficient (Wildman–Crippen LogP) is 2.90. The summed E-state index contributed by atoms with van der Waals surface area (Å²) in [5, 5.41) is 13.5. The molecule has 0 spiro atoms. The number of rotatable bonds is 9. The molecule has 3 saturated carbocycles. The van der Waals surface area contributed by atoms with E-state index in [1.54, 1.807) is 0 Å². The van der Waals surface area contributed by atoms with E-state index in [1.807, 2.05) is 0 Å². The molecular formula is C28H50N4O2. The van der Waals surface area contributed by atoms with Gasteiger partial charge in [-0.1, -0.05) is 32.4 Å². The van der Waals surface area contributed by atoms with Gasteiger partial charge in [-0.15, -0.1) is 0 Å². The number of carbonyl (C=O) groups is 1. The average Bonchev–Trinajstić information content (AvgIpc) is 3.16. The third kappa shape index (κ3) is 4.72. The zero-order valence-corrected chi connectivity index (χ0v) is 21.9. The van der Waals surface area contributed by atoms with E-state index in [0.29, 0.717) is 25.6 Å². The number of amides is 1. The van der Waals surface area contributed by atoms with Gasteiger partial charge in [-0.05, 0) is 85.9 Å². The van der Waals surface area contributed by atoms with E-state index in [-0.39, 0.29) is 28.8 Å². The van der Waals surface area contributed by atoms with Crippen LogP contribution >= 0.6 is 0 Å². The molecule has 0 aliphatic heterocycles. The SMILES string of the molecule is C[C@H](C(=O)NCCN(CCN)CCN)[C@H]1CC[C@H]2[C@@H]3CC=C4C[C@@H](O)CC[C@]4(C)[C@H]3CC[C@]12C. The second kappa shape index (κ2) is 10.6. The van der Waals surface area contributed by atoms with Crippen LogP contribution in [0.3, 0.4) is 0 Å². The minimum Gasteiger partial charge on any atom is -0.393 e. The summed E-state index contributed by atoms with van der Waals surface area (Å²) in [6, 6.07) is 0. The van der Waals surface area contributed by atoms with Crippen LogP contribution in [0.15, 0.2) is 11.6 Å². The predicted molar refractivity (Wildman–Crippen MR) is 138 cm³/mol. The van der Waals surface area contributed by atoms with E-state index in [1.165, 1.54) is 37.7 Å². The standard InChI is InChI=1S/C28H50N4O2/c1-19(26(34)31-14-17-32(15-12-29)16-13-30)23-6-7-24-22-5-4-20-18-21(33)8-10-27(20,2)25(22)9-11-28(23,24)3/h4,19,21-25,33H,5-18,29-30H2,1-3H3,(H,31,34)/t19-,21-,22-,23+,24-,25-,27-,28+/m0/s1. The first kappa shape index (κ1) is 26.1. The summed E-state index contributed by atoms with van der Waals surface area (Å²) in [7, 11) is 0. The molecule has 1 amide bonds. The van der Waals surface area contributed by atoms with Gasteiger partial charge in [0.2, 0.25) is 5.91 Å². The fourth-order valence-electron chi connectivity index (χ4n) is 8.89. The number of allylic oxidation sites excluding steroid dienone is 1. The Hall–Kier alpha value is -0.950. The minimum atomic E-state index is -0.141. The largest absolute Gasteiger partial charge is 0.393 e. The molecule has 4 aliphatic rings. The van der Waals surface area contributed by atoms with Gasteiger partial charge >= 0.3 is 0 Å². The lowest BCUT2D eigenvalue weighted by atomic mass is 9.47. The molecule has 0 saturated heterocycles. The van der Waals surface area contributed by atoms with E-state index in [0.717, 1.165) is 56.7 Å². The number of nitrogens with zero attached hydrogens (tertiary/aromatic N) is 1. The second-order valence-electron chi connectivity index (χ2n) is 12.4. The molecule has 4 aliphatic carbocycles. The topological polar surface area (TPSA) is 105 Å². The van der Waals surface area contributed by atoms with Crippen molar-refractivity contribution in [2.45, 2.75) is 78.2 Å². The van der Waals surface area contributed by atoms with Crippen molar-refractivity contribution in [2.24, 2.45) is 51.9 Å². The molecule has 6 nitrogen and oxygen atoms in total. The number of nitrogens with one attached hydrogen (secondary N) is 1. The summed E-state index contributed by atoms with van der Waals surface area (Å²) in [6.45, 7) is 11.5. The van der Waals surface area contributed by atoms with Crippen molar-refractivity contribution >= 4 is 5.91 Å². The lowest BCUT2D eigenvalue weighted by Gasteiger charge is -2.58. The molecule has 0 heterocycles. The number of aliphatic hydroxyl groups excluding tert-OH is 1. The maximum absolute atomic E-state index is 13.2. The highest BCUT2D eigenvalue weighted by Gasteiger charge is 2.59. The Bertz CT molecular complexity index is 751. The van der Waals surface area contributed by atoms with Gasteiger partial charge in [0.1, 0.15) is 0 Å². The molecule has 6 heteroatoms. The quantitative estimate of drug-likeness (QED) is 0.385. The van der Waals surface area contributed by atoms with Gasteiger partial charge in [0.25, 0.3) is 0 Å². The summed E-state index contributed by atoms with van der Waals surface area (Å²) in [5.74, 6) is 2.94. The van der Waals surface area contributed by atoms with Crippen molar-refractivity contribution in [2.75, 3.05) is 39.3 Å². The summed E-state index contributed by atoms with van der Waals surface area (Å²) in [4.78, 5) is 15.4. The molecule has 0 bridgehead atoms. The van der Waals surface area contributed by atoms with Crippen molar-refractivity contribution in [3.63, 3.8) is 0 Å². The number of hydrogen-bond donors (Lipinski definition) is 4. The Morgan fingerprint density at radius 3 is 2.56 bits per heavy atom. The second-order valence-corrected chi connectivity index (χ2v) is 12.4. The summed E-state index contributed by atoms with van der Waals surface area (Å²) >= 11 is 0. The molecule has 0 aromatic rings. The molecule has 34 heavy (non-hydrogen) atoms. The van der Waals surface area contributed by atoms with Gasteiger partial charge in [0, 0.05) is 45.2 Å². The van der Waals surface area contributed by atoms with Crippen LogP contribution in [0, 0.1) is 40.4 Å². The van der Waals surface area contributed by atoms with Gasteiger partial charge in [-0.25, -0.2) is 0 Å². The average molecular weight is 475 g/mol. The highest BCUT2D eigenvalue weighted by molar-refractivity contribution is 5.78. The number of nitrogens with two attached hydrogens (primary N) is 2. The Labute approximate surface area is 207 Å². The molecule has 0 radical (unpaired) electrons. The molecule has 0 aromatic heterocycles. The molecule has 8 atom stereocenters. The van der Waals surface area contributed by atoms with E-state index in [2.05, 4.69) is 37.1 Å². The van der Waals surface area contributed by atoms with E-state index >= 15 is 0 Å². The van der Waals surface area contributed by atoms with Gasteiger partial charge in [0.15, 0.2) is 0 Å². The summed E-state index contributed by atoms with van der Waals surface area (Å²) in [5.41, 5.74) is 13.5. The van der Waals surface area contributed by atoms with Crippen LogP contribution in [0.4, 0.5) is 0 Å². The molecule has 6 N–H and O–H groups in total. The first-order valence-electron chi connectivity index (χ1n) is 14.0. The first-order chi connectivity index (χ1) is 16.2. The number of fused-ring (bicyclic) bond motifs is 5. The zero-order valence-electron chi connectivity index (χ0n) is 21.9. The lowest BCUT2D eigenvalue weighted by molar-refractivity contribution is -0.129.